The van der Waals surface area contributed by atoms with Crippen LogP contribution in [0.25, 0.3) is 10.9 Å². The van der Waals surface area contributed by atoms with Crippen molar-refractivity contribution in [3.63, 3.8) is 0 Å². The van der Waals surface area contributed by atoms with Crippen LogP contribution in [0.1, 0.15) is 39.1 Å². The van der Waals surface area contributed by atoms with E-state index in [1.165, 1.54) is 4.68 Å². The normalized spacial score (nSPS) is 12.0. The molecule has 1 heterocycles. The van der Waals surface area contributed by atoms with E-state index in [1.807, 2.05) is 52.0 Å². The fraction of sp³-hybridized carbons (Fsp3) is 0.318. The van der Waals surface area contributed by atoms with E-state index in [2.05, 4.69) is 37.0 Å². The molecule has 3 aromatic rings. The van der Waals surface area contributed by atoms with Gasteiger partial charge in [0.1, 0.15) is 5.82 Å². The third-order valence-corrected chi connectivity index (χ3v) is 5.30. The molecule has 0 amide bonds. The molecule has 30 heavy (non-hydrogen) atoms. The fourth-order valence-electron chi connectivity index (χ4n) is 3.00. The van der Waals surface area contributed by atoms with Crippen LogP contribution in [-0.2, 0) is 5.41 Å². The zero-order valence-corrected chi connectivity index (χ0v) is 20.7. The molecule has 2 aromatic carbocycles. The molecule has 0 spiro atoms. The average molecular weight is 537 g/mol. The number of benzene rings is 2. The Bertz CT molecular complexity index is 1180. The maximum Gasteiger partial charge on any atom is 0.282 e. The monoisotopic (exact) mass is 535 g/mol. The molecule has 158 valence electrons. The summed E-state index contributed by atoms with van der Waals surface area (Å²) >= 11 is 6.91. The summed E-state index contributed by atoms with van der Waals surface area (Å²) in [5.74, 6) is 1.71. The molecule has 3 rings (SSSR count). The number of aromatic nitrogens is 2. The minimum absolute atomic E-state index is 0.234. The molecule has 0 fully saturated rings. The first-order valence-electron chi connectivity index (χ1n) is 9.43. The maximum absolute atomic E-state index is 13.3. The van der Waals surface area contributed by atoms with Gasteiger partial charge in [-0.2, -0.15) is 9.78 Å². The predicted molar refractivity (Wildman–Crippen MR) is 127 cm³/mol. The Morgan fingerprint density at radius 1 is 1.17 bits per heavy atom. The van der Waals surface area contributed by atoms with Crippen LogP contribution in [0.15, 0.2) is 49.2 Å². The molecular formula is C22H23Br2N3O3. The van der Waals surface area contributed by atoms with Crippen molar-refractivity contribution >= 4 is 49.0 Å². The zero-order valence-electron chi connectivity index (χ0n) is 17.5. The van der Waals surface area contributed by atoms with E-state index in [0.29, 0.717) is 40.4 Å². The topological polar surface area (TPSA) is 65.7 Å². The van der Waals surface area contributed by atoms with Crippen LogP contribution < -0.4 is 15.0 Å². The van der Waals surface area contributed by atoms with Crippen LogP contribution in [0.5, 0.6) is 11.5 Å². The van der Waals surface area contributed by atoms with Crippen LogP contribution in [-0.4, -0.2) is 29.6 Å². The van der Waals surface area contributed by atoms with E-state index >= 15 is 0 Å². The van der Waals surface area contributed by atoms with Crippen LogP contribution >= 0.6 is 31.9 Å². The van der Waals surface area contributed by atoms with E-state index in [9.17, 15) is 4.79 Å². The Labute approximate surface area is 192 Å². The highest BCUT2D eigenvalue weighted by atomic mass is 79.9. The summed E-state index contributed by atoms with van der Waals surface area (Å²) in [4.78, 5) is 18.0. The number of halogens is 2. The van der Waals surface area contributed by atoms with Crippen LogP contribution in [0, 0.1) is 0 Å². The van der Waals surface area contributed by atoms with Crippen molar-refractivity contribution in [2.24, 2.45) is 5.10 Å². The smallest absolute Gasteiger partial charge is 0.282 e. The van der Waals surface area contributed by atoms with Crippen molar-refractivity contribution in [1.29, 1.82) is 0 Å². The SMILES string of the molecule is CCOc1c(C=Nn2c(C(C)(C)C)nc3ccc(Br)cc3c2=O)cc(Br)cc1OC. The molecule has 0 aliphatic heterocycles. The van der Waals surface area contributed by atoms with Gasteiger partial charge in [0.15, 0.2) is 11.5 Å². The second-order valence-electron chi connectivity index (χ2n) is 7.67. The molecular weight excluding hydrogens is 514 g/mol. The lowest BCUT2D eigenvalue weighted by molar-refractivity contribution is 0.310. The number of rotatable bonds is 5. The van der Waals surface area contributed by atoms with Crippen molar-refractivity contribution in [2.75, 3.05) is 13.7 Å². The molecule has 0 unspecified atom stereocenters. The second kappa shape index (κ2) is 8.89. The Morgan fingerprint density at radius 3 is 2.53 bits per heavy atom. The Balaban J connectivity index is 2.25. The highest BCUT2D eigenvalue weighted by Crippen LogP contribution is 2.34. The summed E-state index contributed by atoms with van der Waals surface area (Å²) in [7, 11) is 1.58. The summed E-state index contributed by atoms with van der Waals surface area (Å²) in [6, 6.07) is 9.15. The fourth-order valence-corrected chi connectivity index (χ4v) is 3.81. The average Bonchev–Trinajstić information content (AvgIpc) is 2.68. The minimum atomic E-state index is -0.393. The molecule has 0 radical (unpaired) electrons. The molecule has 0 N–H and O–H groups in total. The molecule has 0 atom stereocenters. The van der Waals surface area contributed by atoms with Gasteiger partial charge in [0.05, 0.1) is 30.8 Å². The molecule has 0 aliphatic carbocycles. The molecule has 0 saturated carbocycles. The summed E-state index contributed by atoms with van der Waals surface area (Å²) in [5, 5.41) is 5.02. The Kier molecular flexibility index (Phi) is 6.67. The van der Waals surface area contributed by atoms with Gasteiger partial charge in [0.25, 0.3) is 5.56 Å². The number of hydrogen-bond acceptors (Lipinski definition) is 5. The Hall–Kier alpha value is -2.19. The zero-order chi connectivity index (χ0) is 22.1. The predicted octanol–water partition coefficient (Wildman–Crippen LogP) is 5.51. The lowest BCUT2D eigenvalue weighted by Gasteiger charge is -2.21. The van der Waals surface area contributed by atoms with E-state index in [1.54, 1.807) is 19.4 Å². The van der Waals surface area contributed by atoms with Gasteiger partial charge in [-0.05, 0) is 37.3 Å². The van der Waals surface area contributed by atoms with Crippen LogP contribution in [0.2, 0.25) is 0 Å². The van der Waals surface area contributed by atoms with E-state index < -0.39 is 5.41 Å². The first-order valence-corrected chi connectivity index (χ1v) is 11.0. The highest BCUT2D eigenvalue weighted by Gasteiger charge is 2.23. The van der Waals surface area contributed by atoms with Gasteiger partial charge in [0.2, 0.25) is 0 Å². The van der Waals surface area contributed by atoms with Gasteiger partial charge < -0.3 is 9.47 Å². The number of ether oxygens (including phenoxy) is 2. The van der Waals surface area contributed by atoms with Gasteiger partial charge in [-0.3, -0.25) is 4.79 Å². The van der Waals surface area contributed by atoms with Crippen LogP contribution in [0.3, 0.4) is 0 Å². The summed E-state index contributed by atoms with van der Waals surface area (Å²) < 4.78 is 14.2. The summed E-state index contributed by atoms with van der Waals surface area (Å²) in [6.07, 6.45) is 1.60. The first-order chi connectivity index (χ1) is 14.2. The molecule has 0 bridgehead atoms. The largest absolute Gasteiger partial charge is 0.493 e. The van der Waals surface area contributed by atoms with Gasteiger partial charge in [0, 0.05) is 19.9 Å². The van der Waals surface area contributed by atoms with Crippen molar-refractivity contribution in [2.45, 2.75) is 33.1 Å². The van der Waals surface area contributed by atoms with Crippen molar-refractivity contribution in [3.05, 3.63) is 61.0 Å². The van der Waals surface area contributed by atoms with Crippen molar-refractivity contribution in [3.8, 4) is 11.5 Å². The minimum Gasteiger partial charge on any atom is -0.493 e. The molecule has 8 heteroatoms. The number of methoxy groups -OCH3 is 1. The highest BCUT2D eigenvalue weighted by molar-refractivity contribution is 9.10. The third-order valence-electron chi connectivity index (χ3n) is 4.35. The second-order valence-corrected chi connectivity index (χ2v) is 9.50. The van der Waals surface area contributed by atoms with E-state index in [-0.39, 0.29) is 5.56 Å². The standard InChI is InChI=1S/C22H23Br2N3O3/c1-6-30-19-13(9-15(24)11-18(19)29-5)12-25-27-20(28)16-10-14(23)7-8-17(16)26-21(27)22(2,3)4/h7-12H,6H2,1-5H3. The lowest BCUT2D eigenvalue weighted by atomic mass is 9.95. The summed E-state index contributed by atoms with van der Waals surface area (Å²) in [6.45, 7) is 8.37. The van der Waals surface area contributed by atoms with E-state index in [4.69, 9.17) is 14.5 Å². The third kappa shape index (κ3) is 4.59. The number of nitrogens with zero attached hydrogens (tertiary/aromatic N) is 3. The Morgan fingerprint density at radius 2 is 1.90 bits per heavy atom. The van der Waals surface area contributed by atoms with Gasteiger partial charge in [-0.25, -0.2) is 4.98 Å². The number of hydrogen-bond donors (Lipinski definition) is 0. The van der Waals surface area contributed by atoms with Gasteiger partial charge in [-0.15, -0.1) is 0 Å². The molecule has 0 aliphatic rings. The van der Waals surface area contributed by atoms with Crippen molar-refractivity contribution < 1.29 is 9.47 Å². The van der Waals surface area contributed by atoms with Gasteiger partial charge in [-0.1, -0.05) is 52.6 Å². The maximum atomic E-state index is 13.3. The quantitative estimate of drug-likeness (QED) is 0.403. The van der Waals surface area contributed by atoms with Crippen molar-refractivity contribution in [1.82, 2.24) is 9.66 Å². The number of fused-ring (bicyclic) bond motifs is 1. The lowest BCUT2D eigenvalue weighted by Crippen LogP contribution is -2.29. The summed E-state index contributed by atoms with van der Waals surface area (Å²) in [5.41, 5.74) is 0.695. The molecule has 6 nitrogen and oxygen atoms in total. The first kappa shape index (κ1) is 22.5. The van der Waals surface area contributed by atoms with Crippen LogP contribution in [0.4, 0.5) is 0 Å². The molecule has 0 saturated heterocycles. The van der Waals surface area contributed by atoms with Gasteiger partial charge >= 0.3 is 0 Å². The van der Waals surface area contributed by atoms with E-state index in [0.717, 1.165) is 8.95 Å². The molecule has 1 aromatic heterocycles.